The minimum Gasteiger partial charge on any atom is -0.338 e. The molecule has 2 heteroatoms. The molecule has 3 atom stereocenters. The third-order valence-corrected chi connectivity index (χ3v) is 5.08. The van der Waals surface area contributed by atoms with Crippen LogP contribution in [0.4, 0.5) is 0 Å². The maximum absolute atomic E-state index is 12.9. The minimum atomic E-state index is 0.323. The number of nitrogens with zero attached hydrogens (tertiary/aromatic N) is 1. The van der Waals surface area contributed by atoms with Crippen molar-refractivity contribution in [1.29, 1.82) is 0 Å². The molecule has 0 saturated heterocycles. The number of benzene rings is 1. The lowest BCUT2D eigenvalue weighted by atomic mass is 9.87. The summed E-state index contributed by atoms with van der Waals surface area (Å²) in [7, 11) is 0. The van der Waals surface area contributed by atoms with Gasteiger partial charge in [-0.05, 0) is 43.1 Å². The molecular weight excluding hydrogens is 246 g/mol. The van der Waals surface area contributed by atoms with E-state index in [0.29, 0.717) is 17.7 Å². The smallest absolute Gasteiger partial charge is 0.226 e. The molecule has 0 spiro atoms. The SMILES string of the molecule is CCCN(Cc1ccccc1)C(=O)C1CC2CCC1C2. The van der Waals surface area contributed by atoms with Gasteiger partial charge in [-0.25, -0.2) is 0 Å². The Hall–Kier alpha value is -1.31. The van der Waals surface area contributed by atoms with Crippen LogP contribution in [-0.2, 0) is 11.3 Å². The summed E-state index contributed by atoms with van der Waals surface area (Å²) in [6.45, 7) is 3.83. The molecule has 0 N–H and O–H groups in total. The zero-order chi connectivity index (χ0) is 13.9. The molecule has 3 rings (SSSR count). The standard InChI is InChI=1S/C18H25NO/c1-2-10-19(13-14-6-4-3-5-7-14)18(20)17-12-15-8-9-16(17)11-15/h3-7,15-17H,2,8-13H2,1H3. The Morgan fingerprint density at radius 1 is 1.20 bits per heavy atom. The van der Waals surface area contributed by atoms with Crippen molar-refractivity contribution < 1.29 is 4.79 Å². The molecule has 2 aliphatic rings. The summed E-state index contributed by atoms with van der Waals surface area (Å²) in [4.78, 5) is 15.0. The first kappa shape index (κ1) is 13.7. The van der Waals surface area contributed by atoms with Crippen LogP contribution in [0.25, 0.3) is 0 Å². The maximum Gasteiger partial charge on any atom is 0.226 e. The van der Waals surface area contributed by atoms with E-state index in [9.17, 15) is 4.79 Å². The van der Waals surface area contributed by atoms with Crippen molar-refractivity contribution in [2.75, 3.05) is 6.54 Å². The van der Waals surface area contributed by atoms with Gasteiger partial charge in [0.1, 0.15) is 0 Å². The Bertz CT molecular complexity index is 456. The molecule has 2 fully saturated rings. The van der Waals surface area contributed by atoms with E-state index in [2.05, 4.69) is 36.1 Å². The van der Waals surface area contributed by atoms with Crippen LogP contribution in [0.2, 0.25) is 0 Å². The topological polar surface area (TPSA) is 20.3 Å². The molecule has 2 saturated carbocycles. The summed E-state index contributed by atoms with van der Waals surface area (Å²) in [6, 6.07) is 10.4. The average molecular weight is 271 g/mol. The molecule has 2 nitrogen and oxygen atoms in total. The molecule has 20 heavy (non-hydrogen) atoms. The van der Waals surface area contributed by atoms with Crippen molar-refractivity contribution in [1.82, 2.24) is 4.90 Å². The number of hydrogen-bond acceptors (Lipinski definition) is 1. The monoisotopic (exact) mass is 271 g/mol. The Labute approximate surface area is 122 Å². The van der Waals surface area contributed by atoms with Crippen LogP contribution in [0, 0.1) is 17.8 Å². The number of fused-ring (bicyclic) bond motifs is 2. The largest absolute Gasteiger partial charge is 0.338 e. The molecular formula is C18H25NO. The summed E-state index contributed by atoms with van der Waals surface area (Å²) < 4.78 is 0. The molecule has 2 aliphatic carbocycles. The first-order chi connectivity index (χ1) is 9.78. The molecule has 2 bridgehead atoms. The van der Waals surface area contributed by atoms with Gasteiger partial charge in [-0.2, -0.15) is 0 Å². The molecule has 0 heterocycles. The summed E-state index contributed by atoms with van der Waals surface area (Å²) in [5.41, 5.74) is 1.25. The number of carbonyl (C=O) groups is 1. The summed E-state index contributed by atoms with van der Waals surface area (Å²) in [5.74, 6) is 2.27. The fourth-order valence-corrected chi connectivity index (χ4v) is 4.12. The fourth-order valence-electron chi connectivity index (χ4n) is 4.12. The predicted octanol–water partition coefficient (Wildman–Crippen LogP) is 3.86. The van der Waals surface area contributed by atoms with Crippen LogP contribution >= 0.6 is 0 Å². The molecule has 1 aromatic rings. The molecule has 0 radical (unpaired) electrons. The zero-order valence-electron chi connectivity index (χ0n) is 12.4. The summed E-state index contributed by atoms with van der Waals surface area (Å²) >= 11 is 0. The van der Waals surface area contributed by atoms with Gasteiger partial charge in [0, 0.05) is 19.0 Å². The second-order valence-electron chi connectivity index (χ2n) is 6.53. The van der Waals surface area contributed by atoms with E-state index in [1.807, 2.05) is 6.07 Å². The minimum absolute atomic E-state index is 0.323. The third kappa shape index (κ3) is 2.74. The van der Waals surface area contributed by atoms with Gasteiger partial charge in [0.2, 0.25) is 5.91 Å². The molecule has 0 aliphatic heterocycles. The maximum atomic E-state index is 12.9. The van der Waals surface area contributed by atoms with Crippen molar-refractivity contribution in [2.24, 2.45) is 17.8 Å². The van der Waals surface area contributed by atoms with E-state index >= 15 is 0 Å². The second-order valence-corrected chi connectivity index (χ2v) is 6.53. The lowest BCUT2D eigenvalue weighted by Crippen LogP contribution is -2.38. The predicted molar refractivity (Wildman–Crippen MR) is 81.1 cm³/mol. The van der Waals surface area contributed by atoms with E-state index in [1.54, 1.807) is 0 Å². The Morgan fingerprint density at radius 3 is 2.60 bits per heavy atom. The van der Waals surface area contributed by atoms with Gasteiger partial charge in [-0.1, -0.05) is 43.7 Å². The third-order valence-electron chi connectivity index (χ3n) is 5.08. The second kappa shape index (κ2) is 5.99. The molecule has 1 amide bonds. The van der Waals surface area contributed by atoms with Crippen LogP contribution < -0.4 is 0 Å². The van der Waals surface area contributed by atoms with Crippen LogP contribution in [-0.4, -0.2) is 17.4 Å². The number of hydrogen-bond donors (Lipinski definition) is 0. The number of amides is 1. The van der Waals surface area contributed by atoms with Gasteiger partial charge < -0.3 is 4.90 Å². The van der Waals surface area contributed by atoms with Crippen LogP contribution in [0.15, 0.2) is 30.3 Å². The quantitative estimate of drug-likeness (QED) is 0.796. The normalized spacial score (nSPS) is 27.8. The lowest BCUT2D eigenvalue weighted by molar-refractivity contribution is -0.137. The fraction of sp³-hybridized carbons (Fsp3) is 0.611. The first-order valence-corrected chi connectivity index (χ1v) is 8.10. The van der Waals surface area contributed by atoms with Gasteiger partial charge in [0.05, 0.1) is 0 Å². The van der Waals surface area contributed by atoms with Gasteiger partial charge in [0.15, 0.2) is 0 Å². The van der Waals surface area contributed by atoms with Gasteiger partial charge in [0.25, 0.3) is 0 Å². The highest BCUT2D eigenvalue weighted by Gasteiger charge is 2.44. The molecule has 3 unspecified atom stereocenters. The molecule has 1 aromatic carbocycles. The average Bonchev–Trinajstić information content (AvgIpc) is 3.10. The van der Waals surface area contributed by atoms with E-state index < -0.39 is 0 Å². The van der Waals surface area contributed by atoms with Gasteiger partial charge in [-0.15, -0.1) is 0 Å². The highest BCUT2D eigenvalue weighted by Crippen LogP contribution is 2.48. The van der Waals surface area contributed by atoms with E-state index in [4.69, 9.17) is 0 Å². The summed E-state index contributed by atoms with van der Waals surface area (Å²) in [6.07, 6.45) is 6.15. The van der Waals surface area contributed by atoms with Crippen LogP contribution in [0.5, 0.6) is 0 Å². The van der Waals surface area contributed by atoms with Crippen molar-refractivity contribution in [3.8, 4) is 0 Å². The van der Waals surface area contributed by atoms with Crippen molar-refractivity contribution in [3.05, 3.63) is 35.9 Å². The van der Waals surface area contributed by atoms with Crippen molar-refractivity contribution in [3.63, 3.8) is 0 Å². The van der Waals surface area contributed by atoms with E-state index in [1.165, 1.54) is 24.8 Å². The Balaban J connectivity index is 1.68. The zero-order valence-corrected chi connectivity index (χ0v) is 12.4. The first-order valence-electron chi connectivity index (χ1n) is 8.10. The summed E-state index contributed by atoms with van der Waals surface area (Å²) in [5, 5.41) is 0. The molecule has 108 valence electrons. The van der Waals surface area contributed by atoms with E-state index in [-0.39, 0.29) is 0 Å². The van der Waals surface area contributed by atoms with Crippen LogP contribution in [0.1, 0.15) is 44.6 Å². The number of rotatable bonds is 5. The van der Waals surface area contributed by atoms with E-state index in [0.717, 1.165) is 31.8 Å². The highest BCUT2D eigenvalue weighted by atomic mass is 16.2. The van der Waals surface area contributed by atoms with Crippen molar-refractivity contribution >= 4 is 5.91 Å². The lowest BCUT2D eigenvalue weighted by Gasteiger charge is -2.29. The molecule has 0 aromatic heterocycles. The Kier molecular flexibility index (Phi) is 4.09. The van der Waals surface area contributed by atoms with Crippen molar-refractivity contribution in [2.45, 2.75) is 45.6 Å². The van der Waals surface area contributed by atoms with Gasteiger partial charge in [-0.3, -0.25) is 4.79 Å². The van der Waals surface area contributed by atoms with Gasteiger partial charge >= 0.3 is 0 Å². The number of carbonyl (C=O) groups excluding carboxylic acids is 1. The van der Waals surface area contributed by atoms with Crippen LogP contribution in [0.3, 0.4) is 0 Å². The Morgan fingerprint density at radius 2 is 2.00 bits per heavy atom. The highest BCUT2D eigenvalue weighted by molar-refractivity contribution is 5.79.